The summed E-state index contributed by atoms with van der Waals surface area (Å²) < 4.78 is 20.5. The number of hydrogen-bond donors (Lipinski definition) is 1. The quantitative estimate of drug-likeness (QED) is 0.456. The number of carbonyl (C=O) groups excluding carboxylic acids is 1. The lowest BCUT2D eigenvalue weighted by Crippen LogP contribution is -2.40. The Hall–Kier alpha value is -3.75. The smallest absolute Gasteiger partial charge is 0.267 e. The van der Waals surface area contributed by atoms with Crippen LogP contribution >= 0.6 is 11.6 Å². The number of hydrogen-bond acceptors (Lipinski definition) is 5. The highest BCUT2D eigenvalue weighted by Gasteiger charge is 2.21. The fourth-order valence-corrected chi connectivity index (χ4v) is 4.26. The molecule has 5 rings (SSSR count). The molecule has 1 aliphatic rings. The van der Waals surface area contributed by atoms with Gasteiger partial charge in [-0.05, 0) is 60.2 Å². The van der Waals surface area contributed by atoms with Gasteiger partial charge in [0.25, 0.3) is 11.5 Å². The second-order valence-electron chi connectivity index (χ2n) is 8.17. The average Bonchev–Trinajstić information content (AvgIpc) is 2.88. The molecule has 1 aliphatic heterocycles. The van der Waals surface area contributed by atoms with Gasteiger partial charge in [-0.3, -0.25) is 9.59 Å². The van der Waals surface area contributed by atoms with Crippen molar-refractivity contribution < 1.29 is 13.9 Å². The molecule has 9 heteroatoms. The van der Waals surface area contributed by atoms with Crippen molar-refractivity contribution in [2.75, 3.05) is 31.2 Å². The topological polar surface area (TPSA) is 76.5 Å². The van der Waals surface area contributed by atoms with Gasteiger partial charge >= 0.3 is 0 Å². The van der Waals surface area contributed by atoms with Crippen LogP contribution in [0.25, 0.3) is 16.6 Å². The Morgan fingerprint density at radius 1 is 1.06 bits per heavy atom. The fraction of sp³-hybridized carbons (Fsp3) is 0.192. The van der Waals surface area contributed by atoms with Gasteiger partial charge in [0.15, 0.2) is 0 Å². The zero-order valence-electron chi connectivity index (χ0n) is 18.7. The predicted molar refractivity (Wildman–Crippen MR) is 133 cm³/mol. The fourth-order valence-electron chi connectivity index (χ4n) is 4.04. The van der Waals surface area contributed by atoms with Gasteiger partial charge in [-0.25, -0.2) is 13.9 Å². The second kappa shape index (κ2) is 9.85. The van der Waals surface area contributed by atoms with E-state index < -0.39 is 5.82 Å². The number of anilines is 1. The summed E-state index contributed by atoms with van der Waals surface area (Å²) in [6.07, 6.45) is 0. The number of benzene rings is 3. The lowest BCUT2D eigenvalue weighted by Gasteiger charge is -2.30. The van der Waals surface area contributed by atoms with E-state index >= 15 is 0 Å². The van der Waals surface area contributed by atoms with Crippen LogP contribution in [-0.4, -0.2) is 41.8 Å². The van der Waals surface area contributed by atoms with Gasteiger partial charge in [0.2, 0.25) is 5.95 Å². The van der Waals surface area contributed by atoms with E-state index in [-0.39, 0.29) is 11.5 Å². The minimum atomic E-state index is -0.392. The van der Waals surface area contributed by atoms with Crippen LogP contribution in [0.4, 0.5) is 10.3 Å². The molecule has 0 saturated carbocycles. The number of fused-ring (bicyclic) bond motifs is 1. The average molecular weight is 493 g/mol. The van der Waals surface area contributed by atoms with Gasteiger partial charge in [0.05, 0.1) is 29.8 Å². The Morgan fingerprint density at radius 2 is 1.83 bits per heavy atom. The molecule has 1 fully saturated rings. The Kier molecular flexibility index (Phi) is 6.48. The summed E-state index contributed by atoms with van der Waals surface area (Å²) in [5.74, 6) is -0.255. The molecule has 1 amide bonds. The number of halogens is 2. The van der Waals surface area contributed by atoms with Crippen LogP contribution < -0.4 is 15.8 Å². The van der Waals surface area contributed by atoms with E-state index in [0.717, 1.165) is 5.56 Å². The Bertz CT molecular complexity index is 1450. The number of aromatic nitrogens is 2. The highest BCUT2D eigenvalue weighted by atomic mass is 35.5. The van der Waals surface area contributed by atoms with Crippen molar-refractivity contribution in [1.29, 1.82) is 0 Å². The largest absolute Gasteiger partial charge is 0.378 e. The molecule has 1 saturated heterocycles. The molecule has 2 heterocycles. The normalized spacial score (nSPS) is 13.7. The number of amides is 1. The molecule has 3 aromatic carbocycles. The van der Waals surface area contributed by atoms with E-state index in [4.69, 9.17) is 21.3 Å². The van der Waals surface area contributed by atoms with Crippen LogP contribution in [0.1, 0.15) is 15.9 Å². The van der Waals surface area contributed by atoms with Crippen molar-refractivity contribution in [3.63, 3.8) is 0 Å². The number of rotatable bonds is 5. The Balaban J connectivity index is 1.53. The van der Waals surface area contributed by atoms with Crippen molar-refractivity contribution in [2.45, 2.75) is 6.54 Å². The van der Waals surface area contributed by atoms with Crippen molar-refractivity contribution in [2.24, 2.45) is 0 Å². The first-order valence-electron chi connectivity index (χ1n) is 11.2. The van der Waals surface area contributed by atoms with Crippen molar-refractivity contribution in [1.82, 2.24) is 14.9 Å². The molecule has 0 unspecified atom stereocenters. The Labute approximate surface area is 205 Å². The number of nitrogens with zero attached hydrogens (tertiary/aromatic N) is 3. The third-order valence-corrected chi connectivity index (χ3v) is 6.07. The van der Waals surface area contributed by atoms with Gasteiger partial charge in [-0.1, -0.05) is 23.7 Å². The zero-order valence-corrected chi connectivity index (χ0v) is 19.5. The molecular formula is C26H22ClFN4O3. The van der Waals surface area contributed by atoms with E-state index in [1.807, 2.05) is 17.0 Å². The second-order valence-corrected chi connectivity index (χ2v) is 8.61. The Morgan fingerprint density at radius 3 is 2.57 bits per heavy atom. The maximum Gasteiger partial charge on any atom is 0.267 e. The summed E-state index contributed by atoms with van der Waals surface area (Å²) in [7, 11) is 0. The van der Waals surface area contributed by atoms with Crippen molar-refractivity contribution >= 4 is 34.4 Å². The van der Waals surface area contributed by atoms with Gasteiger partial charge in [-0.15, -0.1) is 0 Å². The maximum atomic E-state index is 13.6. The summed E-state index contributed by atoms with van der Waals surface area (Å²) in [5.41, 5.74) is 1.88. The summed E-state index contributed by atoms with van der Waals surface area (Å²) in [5, 5.41) is 3.83. The molecule has 35 heavy (non-hydrogen) atoms. The predicted octanol–water partition coefficient (Wildman–Crippen LogP) is 3.94. The van der Waals surface area contributed by atoms with E-state index in [2.05, 4.69) is 5.32 Å². The first kappa shape index (κ1) is 23.0. The molecule has 0 radical (unpaired) electrons. The zero-order chi connectivity index (χ0) is 24.4. The number of ether oxygens (including phenoxy) is 1. The van der Waals surface area contributed by atoms with Crippen LogP contribution in [0.2, 0.25) is 5.02 Å². The molecule has 0 atom stereocenters. The summed E-state index contributed by atoms with van der Waals surface area (Å²) in [4.78, 5) is 33.1. The summed E-state index contributed by atoms with van der Waals surface area (Å²) in [6.45, 7) is 2.43. The molecule has 178 valence electrons. The van der Waals surface area contributed by atoms with E-state index in [0.29, 0.717) is 66.0 Å². The molecule has 1 N–H and O–H groups in total. The highest BCUT2D eigenvalue weighted by molar-refractivity contribution is 6.30. The number of morpholine rings is 1. The van der Waals surface area contributed by atoms with Crippen LogP contribution in [0.3, 0.4) is 0 Å². The van der Waals surface area contributed by atoms with Crippen LogP contribution in [-0.2, 0) is 11.3 Å². The standard InChI is InChI=1S/C26H22ClFN4O3/c27-19-3-1-2-17(14-19)16-29-24(33)18-4-9-22-23(15-18)30-26(31-10-12-35-13-11-31)32(25(22)34)21-7-5-20(28)6-8-21/h1-9,14-15H,10-13,16H2,(H,29,33). The molecule has 4 aromatic rings. The van der Waals surface area contributed by atoms with E-state index in [1.54, 1.807) is 42.5 Å². The first-order chi connectivity index (χ1) is 17.0. The van der Waals surface area contributed by atoms with Gasteiger partial charge < -0.3 is 15.0 Å². The minimum absolute atomic E-state index is 0.288. The van der Waals surface area contributed by atoms with Crippen molar-refractivity contribution in [3.05, 3.63) is 99.1 Å². The highest BCUT2D eigenvalue weighted by Crippen LogP contribution is 2.22. The third kappa shape index (κ3) is 4.89. The number of nitrogens with one attached hydrogen (secondary N) is 1. The molecule has 0 aliphatic carbocycles. The van der Waals surface area contributed by atoms with E-state index in [1.165, 1.54) is 16.7 Å². The third-order valence-electron chi connectivity index (χ3n) is 5.83. The SMILES string of the molecule is O=C(NCc1cccc(Cl)c1)c1ccc2c(=O)n(-c3ccc(F)cc3)c(N3CCOCC3)nc2c1. The van der Waals surface area contributed by atoms with Crippen LogP contribution in [0, 0.1) is 5.82 Å². The van der Waals surface area contributed by atoms with Gasteiger partial charge in [0, 0.05) is 30.2 Å². The lowest BCUT2D eigenvalue weighted by atomic mass is 10.1. The summed E-state index contributed by atoms with van der Waals surface area (Å²) >= 11 is 6.02. The molecular weight excluding hydrogens is 471 g/mol. The first-order valence-corrected chi connectivity index (χ1v) is 11.6. The van der Waals surface area contributed by atoms with Crippen molar-refractivity contribution in [3.8, 4) is 5.69 Å². The monoisotopic (exact) mass is 492 g/mol. The molecule has 7 nitrogen and oxygen atoms in total. The van der Waals surface area contributed by atoms with Gasteiger partial charge in [-0.2, -0.15) is 0 Å². The van der Waals surface area contributed by atoms with Gasteiger partial charge in [0.1, 0.15) is 5.82 Å². The van der Waals surface area contributed by atoms with Crippen LogP contribution in [0.5, 0.6) is 0 Å². The molecule has 1 aromatic heterocycles. The molecule has 0 spiro atoms. The van der Waals surface area contributed by atoms with E-state index in [9.17, 15) is 14.0 Å². The summed E-state index contributed by atoms with van der Waals surface area (Å²) in [6, 6.07) is 17.8. The molecule has 0 bridgehead atoms. The maximum absolute atomic E-state index is 13.6. The number of carbonyl (C=O) groups is 1. The minimum Gasteiger partial charge on any atom is -0.378 e. The van der Waals surface area contributed by atoms with Crippen LogP contribution in [0.15, 0.2) is 71.5 Å². The lowest BCUT2D eigenvalue weighted by molar-refractivity contribution is 0.0951.